The van der Waals surface area contributed by atoms with Gasteiger partial charge in [0.15, 0.2) is 5.75 Å². The van der Waals surface area contributed by atoms with E-state index in [1.165, 1.54) is 36.4 Å². The maximum Gasteiger partial charge on any atom is 0.206 e. The Balaban J connectivity index is 2.13. The molecule has 0 unspecified atom stereocenters. The molecule has 1 atom stereocenters. The summed E-state index contributed by atoms with van der Waals surface area (Å²) in [6.07, 6.45) is 1.77. The minimum absolute atomic E-state index is 0.0373. The van der Waals surface area contributed by atoms with E-state index < -0.39 is 19.7 Å². The van der Waals surface area contributed by atoms with Crippen LogP contribution >= 0.6 is 23.2 Å². The van der Waals surface area contributed by atoms with Crippen molar-refractivity contribution in [2.45, 2.75) is 43.4 Å². The van der Waals surface area contributed by atoms with Crippen molar-refractivity contribution in [1.29, 1.82) is 0 Å². The van der Waals surface area contributed by atoms with Crippen LogP contribution in [0.4, 0.5) is 0 Å². The molecule has 0 aromatic heterocycles. The quantitative estimate of drug-likeness (QED) is 0.344. The number of sulfone groups is 2. The van der Waals surface area contributed by atoms with Gasteiger partial charge in [0.1, 0.15) is 15.6 Å². The number of unbranched alkanes of at least 4 members (excludes halogenated alkanes) is 1. The van der Waals surface area contributed by atoms with Crippen LogP contribution in [0.25, 0.3) is 0 Å². The van der Waals surface area contributed by atoms with E-state index >= 15 is 0 Å². The lowest BCUT2D eigenvalue weighted by atomic mass is 10.2. The molecule has 0 fully saturated rings. The molecule has 0 bridgehead atoms. The molecule has 2 rings (SSSR count). The third-order valence-electron chi connectivity index (χ3n) is 4.67. The van der Waals surface area contributed by atoms with Crippen LogP contribution in [0, 0.1) is 5.92 Å². The zero-order valence-corrected chi connectivity index (χ0v) is 21.5. The lowest BCUT2D eigenvalue weighted by Gasteiger charge is -2.14. The molecule has 0 heterocycles. The summed E-state index contributed by atoms with van der Waals surface area (Å²) < 4.78 is 60.6. The van der Waals surface area contributed by atoms with E-state index in [1.807, 2.05) is 6.92 Å². The van der Waals surface area contributed by atoms with Gasteiger partial charge in [0.05, 0.1) is 38.8 Å². The van der Waals surface area contributed by atoms with Crippen molar-refractivity contribution in [2.24, 2.45) is 5.92 Å². The first-order valence-corrected chi connectivity index (χ1v) is 14.4. The molecular weight excluding hydrogens is 495 g/mol. The highest BCUT2D eigenvalue weighted by atomic mass is 35.5. The second-order valence-electron chi connectivity index (χ2n) is 7.51. The Kier molecular flexibility index (Phi) is 9.69. The number of halogens is 2. The highest BCUT2D eigenvalue weighted by Crippen LogP contribution is 2.37. The lowest BCUT2D eigenvalue weighted by molar-refractivity contribution is 0.271. The number of ether oxygens (including phenoxy) is 2. The highest BCUT2D eigenvalue weighted by molar-refractivity contribution is 7.91. The molecule has 6 nitrogen and oxygen atoms in total. The van der Waals surface area contributed by atoms with Gasteiger partial charge in [0, 0.05) is 11.7 Å². The Morgan fingerprint density at radius 2 is 1.50 bits per heavy atom. The van der Waals surface area contributed by atoms with Gasteiger partial charge in [-0.1, -0.05) is 50.4 Å². The largest absolute Gasteiger partial charge is 0.493 e. The van der Waals surface area contributed by atoms with Crippen LogP contribution in [0.2, 0.25) is 10.0 Å². The minimum Gasteiger partial charge on any atom is -0.493 e. The van der Waals surface area contributed by atoms with Crippen LogP contribution < -0.4 is 9.47 Å². The second-order valence-corrected chi connectivity index (χ2v) is 12.7. The molecule has 0 saturated carbocycles. The second kappa shape index (κ2) is 11.6. The topological polar surface area (TPSA) is 86.7 Å². The van der Waals surface area contributed by atoms with E-state index in [9.17, 15) is 16.8 Å². The smallest absolute Gasteiger partial charge is 0.206 e. The van der Waals surface area contributed by atoms with Gasteiger partial charge < -0.3 is 9.47 Å². The first-order valence-electron chi connectivity index (χ1n) is 10.3. The summed E-state index contributed by atoms with van der Waals surface area (Å²) >= 11 is 12.4. The van der Waals surface area contributed by atoms with Crippen molar-refractivity contribution in [3.8, 4) is 11.5 Å². The van der Waals surface area contributed by atoms with Crippen molar-refractivity contribution >= 4 is 42.9 Å². The fourth-order valence-electron chi connectivity index (χ4n) is 2.84. The number of rotatable bonds is 12. The molecular formula is C22H28Cl2O6S2. The SMILES string of the molecule is CCCCOc1c(Cl)cc(S(=O)(=O)c2ccc(OC[C@H](C)CS(=O)(=O)CC)cc2)cc1Cl. The summed E-state index contributed by atoms with van der Waals surface area (Å²) in [5.41, 5.74) is 0. The highest BCUT2D eigenvalue weighted by Gasteiger charge is 2.22. The third kappa shape index (κ3) is 7.27. The Bertz CT molecular complexity index is 1090. The Morgan fingerprint density at radius 3 is 2.03 bits per heavy atom. The number of benzene rings is 2. The van der Waals surface area contributed by atoms with Gasteiger partial charge in [0.2, 0.25) is 9.84 Å². The predicted molar refractivity (Wildman–Crippen MR) is 128 cm³/mol. The lowest BCUT2D eigenvalue weighted by Crippen LogP contribution is -2.20. The first-order chi connectivity index (χ1) is 15.0. The summed E-state index contributed by atoms with van der Waals surface area (Å²) in [6.45, 7) is 6.06. The average molecular weight is 524 g/mol. The van der Waals surface area contributed by atoms with Crippen molar-refractivity contribution in [1.82, 2.24) is 0 Å². The van der Waals surface area contributed by atoms with E-state index in [0.29, 0.717) is 12.4 Å². The third-order valence-corrected chi connectivity index (χ3v) is 8.94. The Labute approximate surface area is 200 Å². The Hall–Kier alpha value is -1.48. The van der Waals surface area contributed by atoms with Gasteiger partial charge in [-0.05, 0) is 42.8 Å². The zero-order chi connectivity index (χ0) is 23.9. The van der Waals surface area contributed by atoms with Crippen LogP contribution in [0.5, 0.6) is 11.5 Å². The molecule has 0 amide bonds. The van der Waals surface area contributed by atoms with Crippen LogP contribution in [-0.4, -0.2) is 41.6 Å². The summed E-state index contributed by atoms with van der Waals surface area (Å²) in [4.78, 5) is 0.0145. The summed E-state index contributed by atoms with van der Waals surface area (Å²) in [5.74, 6) is 0.647. The van der Waals surface area contributed by atoms with E-state index in [2.05, 4.69) is 0 Å². The summed E-state index contributed by atoms with van der Waals surface area (Å²) in [7, 11) is -6.95. The zero-order valence-electron chi connectivity index (χ0n) is 18.3. The molecule has 178 valence electrons. The van der Waals surface area contributed by atoms with Crippen molar-refractivity contribution < 1.29 is 26.3 Å². The van der Waals surface area contributed by atoms with Gasteiger partial charge in [-0.15, -0.1) is 0 Å². The van der Waals surface area contributed by atoms with Gasteiger partial charge >= 0.3 is 0 Å². The fraction of sp³-hybridized carbons (Fsp3) is 0.455. The van der Waals surface area contributed by atoms with Gasteiger partial charge in [0.25, 0.3) is 0 Å². The summed E-state index contributed by atoms with van der Waals surface area (Å²) in [5, 5.41) is 0.256. The maximum absolute atomic E-state index is 13.0. The van der Waals surface area contributed by atoms with Crippen molar-refractivity contribution in [2.75, 3.05) is 24.7 Å². The molecule has 0 N–H and O–H groups in total. The number of hydrogen-bond donors (Lipinski definition) is 0. The summed E-state index contributed by atoms with van der Waals surface area (Å²) in [6, 6.07) is 8.55. The van der Waals surface area contributed by atoms with Crippen molar-refractivity contribution in [3.63, 3.8) is 0 Å². The van der Waals surface area contributed by atoms with Gasteiger partial charge in [-0.3, -0.25) is 0 Å². The molecule has 0 radical (unpaired) electrons. The predicted octanol–water partition coefficient (Wildman–Crippen LogP) is 5.45. The number of hydrogen-bond acceptors (Lipinski definition) is 6. The molecule has 32 heavy (non-hydrogen) atoms. The van der Waals surface area contributed by atoms with Crippen LogP contribution in [-0.2, 0) is 19.7 Å². The molecule has 0 saturated heterocycles. The first kappa shape index (κ1) is 26.8. The maximum atomic E-state index is 13.0. The molecule has 2 aromatic rings. The Morgan fingerprint density at radius 1 is 0.906 bits per heavy atom. The van der Waals surface area contributed by atoms with E-state index in [0.717, 1.165) is 12.8 Å². The molecule has 0 aliphatic carbocycles. The average Bonchev–Trinajstić information content (AvgIpc) is 2.74. The van der Waals surface area contributed by atoms with Crippen LogP contribution in [0.15, 0.2) is 46.2 Å². The molecule has 0 aliphatic heterocycles. The normalized spacial score (nSPS) is 13.0. The monoisotopic (exact) mass is 522 g/mol. The van der Waals surface area contributed by atoms with Gasteiger partial charge in [-0.25, -0.2) is 16.8 Å². The van der Waals surface area contributed by atoms with Gasteiger partial charge in [-0.2, -0.15) is 0 Å². The molecule has 10 heteroatoms. The van der Waals surface area contributed by atoms with E-state index in [-0.39, 0.29) is 49.6 Å². The van der Waals surface area contributed by atoms with Crippen LogP contribution in [0.1, 0.15) is 33.6 Å². The molecule has 0 spiro atoms. The fourth-order valence-corrected chi connectivity index (χ4v) is 6.07. The molecule has 2 aromatic carbocycles. The van der Waals surface area contributed by atoms with Crippen molar-refractivity contribution in [3.05, 3.63) is 46.4 Å². The molecule has 0 aliphatic rings. The minimum atomic E-state index is -3.86. The van der Waals surface area contributed by atoms with E-state index in [1.54, 1.807) is 13.8 Å². The van der Waals surface area contributed by atoms with E-state index in [4.69, 9.17) is 32.7 Å². The van der Waals surface area contributed by atoms with Crippen LogP contribution in [0.3, 0.4) is 0 Å². The standard InChI is InChI=1S/C22H28Cl2O6S2/c1-4-6-11-29-22-20(23)12-19(13-21(22)24)32(27,28)18-9-7-17(8-10-18)30-14-16(3)15-31(25,26)5-2/h7-10,12-13,16H,4-6,11,14-15H2,1-3H3/t16-/m0/s1.